The number of benzene rings is 1. The predicted octanol–water partition coefficient (Wildman–Crippen LogP) is 3.34. The van der Waals surface area contributed by atoms with Crippen LogP contribution < -0.4 is 11.1 Å². The number of hydrogen-bond acceptors (Lipinski definition) is 6. The van der Waals surface area contributed by atoms with Crippen molar-refractivity contribution in [2.24, 2.45) is 0 Å². The molecule has 0 amide bonds. The Hall–Kier alpha value is -2.72. The first-order valence-electron chi connectivity index (χ1n) is 6.08. The molecular weight excluding hydrogens is 289 g/mol. The lowest BCUT2D eigenvalue weighted by Crippen LogP contribution is -2.02. The molecule has 2 aromatic heterocycles. The van der Waals surface area contributed by atoms with E-state index in [1.807, 2.05) is 19.1 Å². The monoisotopic (exact) mass is 299 g/mol. The highest BCUT2D eigenvalue weighted by molar-refractivity contribution is 7.18. The number of thiophene rings is 1. The fraction of sp³-hybridized carbons (Fsp3) is 0.0714. The molecule has 0 atom stereocenters. The number of aromatic nitrogens is 2. The van der Waals surface area contributed by atoms with Gasteiger partial charge in [0.05, 0.1) is 11.1 Å². The molecule has 0 radical (unpaired) electrons. The summed E-state index contributed by atoms with van der Waals surface area (Å²) in [6.45, 7) is 1.95. The van der Waals surface area contributed by atoms with Crippen molar-refractivity contribution in [2.45, 2.75) is 6.92 Å². The molecule has 21 heavy (non-hydrogen) atoms. The molecule has 0 aliphatic carbocycles. The van der Waals surface area contributed by atoms with Crippen molar-refractivity contribution < 1.29 is 4.39 Å². The van der Waals surface area contributed by atoms with Gasteiger partial charge in [0.15, 0.2) is 0 Å². The Labute approximate surface area is 123 Å². The van der Waals surface area contributed by atoms with Crippen LogP contribution in [0.1, 0.15) is 10.4 Å². The van der Waals surface area contributed by atoms with E-state index < -0.39 is 5.82 Å². The Bertz CT molecular complexity index is 881. The van der Waals surface area contributed by atoms with Crippen molar-refractivity contribution in [1.82, 2.24) is 9.97 Å². The van der Waals surface area contributed by atoms with Crippen LogP contribution >= 0.6 is 11.3 Å². The number of aryl methyl sites for hydroxylation is 1. The normalized spacial score (nSPS) is 10.5. The number of rotatable bonds is 2. The van der Waals surface area contributed by atoms with Crippen LogP contribution in [-0.4, -0.2) is 9.97 Å². The number of nitriles is 1. The summed E-state index contributed by atoms with van der Waals surface area (Å²) < 4.78 is 13.6. The van der Waals surface area contributed by atoms with Crippen LogP contribution in [0.2, 0.25) is 0 Å². The standard InChI is InChI=1S/C14H10FN5S/c1-7-5-8-12(19-14(17)20-13(8)21-7)18-11-4-2-3-10(15)9(11)6-16/h2-5H,1H3,(H3,17,18,19,20). The van der Waals surface area contributed by atoms with Gasteiger partial charge < -0.3 is 11.1 Å². The van der Waals surface area contributed by atoms with Gasteiger partial charge in [-0.1, -0.05) is 6.07 Å². The molecule has 0 aliphatic rings. The highest BCUT2D eigenvalue weighted by Gasteiger charge is 2.13. The molecule has 3 rings (SSSR count). The lowest BCUT2D eigenvalue weighted by molar-refractivity contribution is 0.624. The van der Waals surface area contributed by atoms with E-state index in [2.05, 4.69) is 15.3 Å². The van der Waals surface area contributed by atoms with E-state index in [9.17, 15) is 4.39 Å². The summed E-state index contributed by atoms with van der Waals surface area (Å²) in [5, 5.41) is 12.8. The quantitative estimate of drug-likeness (QED) is 0.757. The lowest BCUT2D eigenvalue weighted by Gasteiger charge is -2.09. The van der Waals surface area contributed by atoms with Crippen LogP contribution in [-0.2, 0) is 0 Å². The first kappa shape index (κ1) is 13.3. The summed E-state index contributed by atoms with van der Waals surface area (Å²) in [6, 6.07) is 8.15. The molecule has 0 bridgehead atoms. The topological polar surface area (TPSA) is 87.6 Å². The number of hydrogen-bond donors (Lipinski definition) is 2. The van der Waals surface area contributed by atoms with Gasteiger partial charge in [-0.2, -0.15) is 10.2 Å². The number of nitrogens with one attached hydrogen (secondary N) is 1. The van der Waals surface area contributed by atoms with E-state index in [0.717, 1.165) is 15.1 Å². The van der Waals surface area contributed by atoms with E-state index in [-0.39, 0.29) is 11.5 Å². The zero-order chi connectivity index (χ0) is 15.0. The average Bonchev–Trinajstić information content (AvgIpc) is 2.79. The molecular formula is C14H10FN5S. The molecule has 0 unspecified atom stereocenters. The maximum atomic E-state index is 13.6. The number of nitrogens with zero attached hydrogens (tertiary/aromatic N) is 3. The van der Waals surface area contributed by atoms with Crippen LogP contribution in [0.15, 0.2) is 24.3 Å². The molecule has 0 spiro atoms. The zero-order valence-corrected chi connectivity index (χ0v) is 11.8. The first-order valence-corrected chi connectivity index (χ1v) is 6.89. The van der Waals surface area contributed by atoms with Crippen LogP contribution in [0.3, 0.4) is 0 Å². The largest absolute Gasteiger partial charge is 0.368 e. The second kappa shape index (κ2) is 5.00. The van der Waals surface area contributed by atoms with Crippen LogP contribution in [0.25, 0.3) is 10.2 Å². The van der Waals surface area contributed by atoms with E-state index in [1.165, 1.54) is 23.5 Å². The number of nitrogen functional groups attached to an aromatic ring is 1. The SMILES string of the molecule is Cc1cc2c(Nc3cccc(F)c3C#N)nc(N)nc2s1. The van der Waals surface area contributed by atoms with E-state index in [4.69, 9.17) is 11.0 Å². The highest BCUT2D eigenvalue weighted by Crippen LogP contribution is 2.31. The zero-order valence-electron chi connectivity index (χ0n) is 11.0. The minimum atomic E-state index is -0.581. The van der Waals surface area contributed by atoms with Gasteiger partial charge in [-0.3, -0.25) is 0 Å². The van der Waals surface area contributed by atoms with Gasteiger partial charge >= 0.3 is 0 Å². The van der Waals surface area contributed by atoms with Gasteiger partial charge in [-0.15, -0.1) is 11.3 Å². The Balaban J connectivity index is 2.15. The summed E-state index contributed by atoms with van der Waals surface area (Å²) in [7, 11) is 0. The summed E-state index contributed by atoms with van der Waals surface area (Å²) in [6.07, 6.45) is 0. The van der Waals surface area contributed by atoms with Crippen molar-refractivity contribution in [1.29, 1.82) is 5.26 Å². The Morgan fingerprint density at radius 1 is 1.38 bits per heavy atom. The molecule has 0 fully saturated rings. The fourth-order valence-electron chi connectivity index (χ4n) is 2.02. The maximum absolute atomic E-state index is 13.6. The first-order chi connectivity index (χ1) is 10.1. The molecule has 0 saturated heterocycles. The van der Waals surface area contributed by atoms with Crippen molar-refractivity contribution in [2.75, 3.05) is 11.1 Å². The number of anilines is 3. The number of fused-ring (bicyclic) bond motifs is 1. The fourth-order valence-corrected chi connectivity index (χ4v) is 2.91. The summed E-state index contributed by atoms with van der Waals surface area (Å²) in [5.41, 5.74) is 5.98. The third-order valence-corrected chi connectivity index (χ3v) is 3.86. The molecule has 7 heteroatoms. The highest BCUT2D eigenvalue weighted by atomic mass is 32.1. The van der Waals surface area contributed by atoms with E-state index in [0.29, 0.717) is 11.5 Å². The molecule has 104 valence electrons. The molecule has 0 saturated carbocycles. The van der Waals surface area contributed by atoms with Gasteiger partial charge in [0.2, 0.25) is 5.95 Å². The minimum absolute atomic E-state index is 0.0604. The summed E-state index contributed by atoms with van der Waals surface area (Å²) in [5.74, 6) is 0.00739. The van der Waals surface area contributed by atoms with E-state index in [1.54, 1.807) is 6.07 Å². The van der Waals surface area contributed by atoms with Crippen molar-refractivity contribution in [3.05, 3.63) is 40.5 Å². The second-order valence-corrected chi connectivity index (χ2v) is 5.64. The molecule has 5 nitrogen and oxygen atoms in total. The summed E-state index contributed by atoms with van der Waals surface area (Å²) in [4.78, 5) is 10.1. The average molecular weight is 299 g/mol. The Morgan fingerprint density at radius 2 is 2.19 bits per heavy atom. The molecule has 3 aromatic rings. The Kier molecular flexibility index (Phi) is 3.16. The van der Waals surface area contributed by atoms with Crippen molar-refractivity contribution in [3.63, 3.8) is 0 Å². The van der Waals surface area contributed by atoms with Crippen molar-refractivity contribution >= 4 is 39.0 Å². The number of halogens is 1. The van der Waals surface area contributed by atoms with Gasteiger partial charge in [0, 0.05) is 4.88 Å². The van der Waals surface area contributed by atoms with Crippen molar-refractivity contribution in [3.8, 4) is 6.07 Å². The van der Waals surface area contributed by atoms with Gasteiger partial charge in [-0.25, -0.2) is 9.37 Å². The van der Waals surface area contributed by atoms with Gasteiger partial charge in [0.25, 0.3) is 0 Å². The van der Waals surface area contributed by atoms with Crippen LogP contribution in [0, 0.1) is 24.1 Å². The molecule has 0 aliphatic heterocycles. The predicted molar refractivity (Wildman–Crippen MR) is 81.0 cm³/mol. The van der Waals surface area contributed by atoms with Crippen LogP contribution in [0.4, 0.5) is 21.8 Å². The van der Waals surface area contributed by atoms with Crippen LogP contribution in [0.5, 0.6) is 0 Å². The third kappa shape index (κ3) is 2.37. The van der Waals surface area contributed by atoms with Gasteiger partial charge in [0.1, 0.15) is 28.1 Å². The molecule has 2 heterocycles. The van der Waals surface area contributed by atoms with Gasteiger partial charge in [-0.05, 0) is 25.1 Å². The number of nitrogens with two attached hydrogens (primary N) is 1. The van der Waals surface area contributed by atoms with E-state index >= 15 is 0 Å². The smallest absolute Gasteiger partial charge is 0.223 e. The molecule has 1 aromatic carbocycles. The summed E-state index contributed by atoms with van der Waals surface area (Å²) >= 11 is 1.49. The minimum Gasteiger partial charge on any atom is -0.368 e. The lowest BCUT2D eigenvalue weighted by atomic mass is 10.2. The maximum Gasteiger partial charge on any atom is 0.223 e. The third-order valence-electron chi connectivity index (χ3n) is 2.91. The Morgan fingerprint density at radius 3 is 2.95 bits per heavy atom. The molecule has 3 N–H and O–H groups in total. The second-order valence-electron chi connectivity index (χ2n) is 4.41.